The molecule has 2 aromatic heterocycles. The monoisotopic (exact) mass is 554 g/mol. The van der Waals surface area contributed by atoms with Crippen molar-refractivity contribution in [2.75, 3.05) is 5.32 Å². The van der Waals surface area contributed by atoms with E-state index in [0.29, 0.717) is 28.6 Å². The predicted molar refractivity (Wildman–Crippen MR) is 154 cm³/mol. The van der Waals surface area contributed by atoms with E-state index in [1.165, 1.54) is 0 Å². The van der Waals surface area contributed by atoms with Crippen molar-refractivity contribution in [1.82, 2.24) is 15.4 Å². The molecule has 41 heavy (non-hydrogen) atoms. The fourth-order valence-electron chi connectivity index (χ4n) is 4.14. The van der Waals surface area contributed by atoms with Gasteiger partial charge in [0.1, 0.15) is 28.9 Å². The van der Waals surface area contributed by atoms with Crippen molar-refractivity contribution in [3.05, 3.63) is 102 Å². The van der Waals surface area contributed by atoms with Crippen molar-refractivity contribution in [3.63, 3.8) is 0 Å². The molecule has 0 saturated carbocycles. The van der Waals surface area contributed by atoms with Crippen LogP contribution in [-0.4, -0.2) is 32.5 Å². The maximum Gasteiger partial charge on any atom is 0.412 e. The molecule has 5 rings (SSSR count). The number of hydrogen-bond acceptors (Lipinski definition) is 7. The molecule has 0 aliphatic heterocycles. The van der Waals surface area contributed by atoms with Crippen LogP contribution in [0.15, 0.2) is 83.4 Å². The highest BCUT2D eigenvalue weighted by atomic mass is 16.6. The highest BCUT2D eigenvalue weighted by Gasteiger charge is 2.21. The number of ether oxygens (including phenoxy) is 2. The van der Waals surface area contributed by atoms with Crippen LogP contribution in [-0.2, 0) is 4.74 Å². The zero-order valence-corrected chi connectivity index (χ0v) is 22.0. The maximum absolute atomic E-state index is 12.6. The average Bonchev–Trinajstić information content (AvgIpc) is 3.51. The van der Waals surface area contributed by atoms with Gasteiger partial charge in [0, 0.05) is 5.56 Å². The van der Waals surface area contributed by atoms with Crippen molar-refractivity contribution in [2.24, 2.45) is 0 Å². The van der Waals surface area contributed by atoms with Gasteiger partial charge in [0.15, 0.2) is 17.2 Å². The fraction of sp³-hybridized carbons (Fsp3) is 0.161. The molecule has 10 heteroatoms. The Bertz CT molecular complexity index is 1640. The van der Waals surface area contributed by atoms with E-state index in [9.17, 15) is 14.7 Å². The summed E-state index contributed by atoms with van der Waals surface area (Å²) in [6.45, 7) is 5.21. The van der Waals surface area contributed by atoms with E-state index in [2.05, 4.69) is 20.7 Å². The van der Waals surface area contributed by atoms with Gasteiger partial charge in [0.05, 0.1) is 0 Å². The van der Waals surface area contributed by atoms with E-state index in [1.807, 2.05) is 66.7 Å². The van der Waals surface area contributed by atoms with E-state index in [1.54, 1.807) is 32.9 Å². The number of nitrogens with zero attached hydrogens (tertiary/aromatic N) is 2. The first kappa shape index (κ1) is 28.6. The molecule has 0 unspecified atom stereocenters. The topological polar surface area (TPSA) is 140 Å². The SMILES string of the molecule is C.Cc1noc(-c2ccc(-c3ccc(Oc4c(C)n[nH]c4C(=O)O)cc3)cc2)c1NC(=O)O[C@H](C)c1ccccc1. The van der Waals surface area contributed by atoms with Crippen molar-refractivity contribution >= 4 is 17.7 Å². The first-order chi connectivity index (χ1) is 19.3. The summed E-state index contributed by atoms with van der Waals surface area (Å²) < 4.78 is 16.8. The largest absolute Gasteiger partial charge is 0.476 e. The molecule has 1 amide bonds. The second kappa shape index (κ2) is 12.2. The summed E-state index contributed by atoms with van der Waals surface area (Å²) in [5, 5.41) is 22.5. The van der Waals surface area contributed by atoms with E-state index < -0.39 is 18.2 Å². The standard InChI is InChI=1S/C30H26N4O6.CH4/c1-17-25(31-30(37)38-19(3)20-7-5-4-6-8-20)28(40-34-17)23-11-9-21(10-12-23)22-13-15-24(16-14-22)39-27-18(2)32-33-26(27)29(35)36;/h4-16,19H,1-3H3,(H,31,37)(H,32,33)(H,35,36);1H4/t19-;/m1./s1. The summed E-state index contributed by atoms with van der Waals surface area (Å²) in [6, 6.07) is 24.3. The lowest BCUT2D eigenvalue weighted by Crippen LogP contribution is -2.16. The molecule has 0 aliphatic carbocycles. The molecule has 0 radical (unpaired) electrons. The first-order valence-electron chi connectivity index (χ1n) is 12.5. The molecule has 210 valence electrons. The zero-order valence-electron chi connectivity index (χ0n) is 22.0. The number of aromatic carboxylic acids is 1. The van der Waals surface area contributed by atoms with Crippen LogP contribution in [0.3, 0.4) is 0 Å². The van der Waals surface area contributed by atoms with E-state index >= 15 is 0 Å². The Hall–Kier alpha value is -5.38. The van der Waals surface area contributed by atoms with Crippen LogP contribution in [0.25, 0.3) is 22.5 Å². The summed E-state index contributed by atoms with van der Waals surface area (Å²) in [5.41, 5.74) is 4.78. The molecule has 3 N–H and O–H groups in total. The number of rotatable bonds is 8. The summed E-state index contributed by atoms with van der Waals surface area (Å²) in [4.78, 5) is 24.0. The van der Waals surface area contributed by atoms with Gasteiger partial charge < -0.3 is 19.1 Å². The lowest BCUT2D eigenvalue weighted by Gasteiger charge is -2.14. The minimum absolute atomic E-state index is 0. The van der Waals surface area contributed by atoms with Gasteiger partial charge in [-0.25, -0.2) is 9.59 Å². The average molecular weight is 555 g/mol. The van der Waals surface area contributed by atoms with Crippen LogP contribution in [0.5, 0.6) is 11.5 Å². The minimum atomic E-state index is -1.15. The Labute approximate surface area is 236 Å². The molecule has 0 bridgehead atoms. The highest BCUT2D eigenvalue weighted by Crippen LogP contribution is 2.34. The van der Waals surface area contributed by atoms with Gasteiger partial charge in [0.25, 0.3) is 0 Å². The van der Waals surface area contributed by atoms with Crippen LogP contribution in [0, 0.1) is 13.8 Å². The third kappa shape index (κ3) is 6.27. The Morgan fingerprint density at radius 2 is 1.51 bits per heavy atom. The van der Waals surface area contributed by atoms with Gasteiger partial charge in [-0.1, -0.05) is 79.3 Å². The Morgan fingerprint density at radius 1 is 0.902 bits per heavy atom. The molecular formula is C31H30N4O6. The predicted octanol–water partition coefficient (Wildman–Crippen LogP) is 7.78. The first-order valence-corrected chi connectivity index (χ1v) is 12.5. The van der Waals surface area contributed by atoms with Crippen LogP contribution in [0.1, 0.15) is 47.9 Å². The number of H-pyrrole nitrogens is 1. The van der Waals surface area contributed by atoms with Gasteiger partial charge in [-0.2, -0.15) is 5.10 Å². The summed E-state index contributed by atoms with van der Waals surface area (Å²) in [5.74, 6) is -0.0726. The number of carbonyl (C=O) groups excluding carboxylic acids is 1. The molecule has 1 atom stereocenters. The van der Waals surface area contributed by atoms with Crippen molar-refractivity contribution in [1.29, 1.82) is 0 Å². The number of carboxylic acids is 1. The fourth-order valence-corrected chi connectivity index (χ4v) is 4.14. The molecule has 0 spiro atoms. The Balaban J connectivity index is 0.00000387. The smallest absolute Gasteiger partial charge is 0.412 e. The maximum atomic E-state index is 12.6. The molecule has 5 aromatic rings. The number of aromatic nitrogens is 3. The lowest BCUT2D eigenvalue weighted by atomic mass is 10.0. The third-order valence-corrected chi connectivity index (χ3v) is 6.30. The van der Waals surface area contributed by atoms with E-state index in [4.69, 9.17) is 14.0 Å². The number of aryl methyl sites for hydroxylation is 2. The number of nitrogens with one attached hydrogen (secondary N) is 2. The summed E-state index contributed by atoms with van der Waals surface area (Å²) >= 11 is 0. The number of carboxylic acid groups (broad SMARTS) is 1. The van der Waals surface area contributed by atoms with E-state index in [-0.39, 0.29) is 18.9 Å². The molecular weight excluding hydrogens is 524 g/mol. The molecule has 0 saturated heterocycles. The van der Waals surface area contributed by atoms with Crippen LogP contribution in [0.2, 0.25) is 0 Å². The van der Waals surface area contributed by atoms with Crippen LogP contribution >= 0.6 is 0 Å². The van der Waals surface area contributed by atoms with Crippen molar-refractivity contribution < 1.29 is 28.7 Å². The number of carbonyl (C=O) groups is 2. The van der Waals surface area contributed by atoms with Crippen molar-refractivity contribution in [3.8, 4) is 33.9 Å². The molecule has 0 fully saturated rings. The van der Waals surface area contributed by atoms with Crippen molar-refractivity contribution in [2.45, 2.75) is 34.3 Å². The minimum Gasteiger partial charge on any atom is -0.476 e. The lowest BCUT2D eigenvalue weighted by molar-refractivity contribution is 0.0687. The molecule has 3 aromatic carbocycles. The molecule has 10 nitrogen and oxygen atoms in total. The highest BCUT2D eigenvalue weighted by molar-refractivity contribution is 5.91. The Kier molecular flexibility index (Phi) is 8.52. The van der Waals surface area contributed by atoms with E-state index in [0.717, 1.165) is 22.3 Å². The second-order valence-electron chi connectivity index (χ2n) is 9.08. The molecule has 0 aliphatic rings. The number of aromatic amines is 1. The zero-order chi connectivity index (χ0) is 28.2. The Morgan fingerprint density at radius 3 is 2.15 bits per heavy atom. The van der Waals surface area contributed by atoms with Gasteiger partial charge in [-0.3, -0.25) is 10.4 Å². The van der Waals surface area contributed by atoms with Gasteiger partial charge in [-0.15, -0.1) is 0 Å². The third-order valence-electron chi connectivity index (χ3n) is 6.30. The van der Waals surface area contributed by atoms with Gasteiger partial charge in [-0.05, 0) is 49.6 Å². The molecule has 2 heterocycles. The van der Waals surface area contributed by atoms with Crippen LogP contribution < -0.4 is 10.1 Å². The summed E-state index contributed by atoms with van der Waals surface area (Å²) in [6.07, 6.45) is -1.03. The summed E-state index contributed by atoms with van der Waals surface area (Å²) in [7, 11) is 0. The number of anilines is 1. The number of benzene rings is 3. The van der Waals surface area contributed by atoms with Crippen LogP contribution in [0.4, 0.5) is 10.5 Å². The van der Waals surface area contributed by atoms with Gasteiger partial charge in [0.2, 0.25) is 0 Å². The quantitative estimate of drug-likeness (QED) is 0.177. The number of hydrogen-bond donors (Lipinski definition) is 3. The second-order valence-corrected chi connectivity index (χ2v) is 9.08. The van der Waals surface area contributed by atoms with Gasteiger partial charge >= 0.3 is 12.1 Å². The number of amides is 1. The normalized spacial score (nSPS) is 11.3.